The molecule has 3 rings (SSSR count). The van der Waals surface area contributed by atoms with Crippen LogP contribution in [0.25, 0.3) is 6.08 Å². The lowest BCUT2D eigenvalue weighted by Gasteiger charge is -2.17. The summed E-state index contributed by atoms with van der Waals surface area (Å²) in [6, 6.07) is 12.9. The summed E-state index contributed by atoms with van der Waals surface area (Å²) in [5, 5.41) is 19.3. The van der Waals surface area contributed by atoms with E-state index < -0.39 is 0 Å². The van der Waals surface area contributed by atoms with Gasteiger partial charge in [0.1, 0.15) is 17.6 Å². The number of fused-ring (bicyclic) bond motifs is 1. The molecule has 0 aromatic heterocycles. The number of rotatable bonds is 5. The molecule has 0 unspecified atom stereocenters. The van der Waals surface area contributed by atoms with Crippen LogP contribution in [0.15, 0.2) is 48.5 Å². The van der Waals surface area contributed by atoms with Gasteiger partial charge in [0.15, 0.2) is 0 Å². The summed E-state index contributed by atoms with van der Waals surface area (Å²) in [6.07, 6.45) is 3.70. The molecule has 0 bridgehead atoms. The lowest BCUT2D eigenvalue weighted by Crippen LogP contribution is -2.13. The highest BCUT2D eigenvalue weighted by molar-refractivity contribution is 5.56. The van der Waals surface area contributed by atoms with Crippen LogP contribution in [0.4, 0.5) is 0 Å². The maximum Gasteiger partial charge on any atom is 0.133 e. The molecule has 2 N–H and O–H groups in total. The van der Waals surface area contributed by atoms with Crippen LogP contribution in [0.1, 0.15) is 28.7 Å². The second-order valence-electron chi connectivity index (χ2n) is 5.57. The first-order valence-electron chi connectivity index (χ1n) is 7.59. The predicted octanol–water partition coefficient (Wildman–Crippen LogP) is 3.26. The van der Waals surface area contributed by atoms with Crippen LogP contribution in [0.2, 0.25) is 0 Å². The summed E-state index contributed by atoms with van der Waals surface area (Å²) in [4.78, 5) is 0. The maximum atomic E-state index is 9.84. The second kappa shape index (κ2) is 6.86. The summed E-state index contributed by atoms with van der Waals surface area (Å²) in [6.45, 7) is 0.566. The van der Waals surface area contributed by atoms with E-state index in [1.54, 1.807) is 19.2 Å². The third-order valence-electron chi connectivity index (χ3n) is 4.04. The molecule has 23 heavy (non-hydrogen) atoms. The number of ether oxygens (including phenoxy) is 2. The molecule has 2 aromatic carbocycles. The molecular weight excluding hydrogens is 292 g/mol. The highest BCUT2D eigenvalue weighted by atomic mass is 16.5. The van der Waals surface area contributed by atoms with Crippen LogP contribution in [-0.4, -0.2) is 30.5 Å². The Hall–Kier alpha value is -2.30. The molecule has 1 aliphatic rings. The Morgan fingerprint density at radius 3 is 2.65 bits per heavy atom. The Kier molecular flexibility index (Phi) is 4.65. The van der Waals surface area contributed by atoms with Crippen molar-refractivity contribution in [2.45, 2.75) is 12.0 Å². The summed E-state index contributed by atoms with van der Waals surface area (Å²) in [7, 11) is 1.66. The van der Waals surface area contributed by atoms with Crippen molar-refractivity contribution in [1.82, 2.24) is 0 Å². The summed E-state index contributed by atoms with van der Waals surface area (Å²) in [5.74, 6) is 0.895. The van der Waals surface area contributed by atoms with Crippen molar-refractivity contribution < 1.29 is 19.7 Å². The Morgan fingerprint density at radius 2 is 1.96 bits per heavy atom. The van der Waals surface area contributed by atoms with E-state index >= 15 is 0 Å². The SMILES string of the molecule is COC/C=C/c1ccc2c(c1)[C@@H](CO)[C@H](c1ccc(O)cc1)O2. The third-order valence-corrected chi connectivity index (χ3v) is 4.04. The fourth-order valence-electron chi connectivity index (χ4n) is 2.89. The Morgan fingerprint density at radius 1 is 1.17 bits per heavy atom. The molecule has 4 nitrogen and oxygen atoms in total. The highest BCUT2D eigenvalue weighted by Crippen LogP contribution is 2.46. The molecule has 0 spiro atoms. The number of aromatic hydroxyl groups is 1. The zero-order valence-electron chi connectivity index (χ0n) is 13.0. The number of hydrogen-bond acceptors (Lipinski definition) is 4. The largest absolute Gasteiger partial charge is 0.508 e. The number of benzene rings is 2. The molecule has 0 aliphatic carbocycles. The summed E-state index contributed by atoms with van der Waals surface area (Å²) in [5.41, 5.74) is 2.99. The minimum atomic E-state index is -0.242. The average Bonchev–Trinajstić information content (AvgIpc) is 2.93. The van der Waals surface area contributed by atoms with Gasteiger partial charge in [-0.05, 0) is 35.4 Å². The highest BCUT2D eigenvalue weighted by Gasteiger charge is 2.35. The van der Waals surface area contributed by atoms with Crippen LogP contribution >= 0.6 is 0 Å². The van der Waals surface area contributed by atoms with E-state index in [4.69, 9.17) is 9.47 Å². The van der Waals surface area contributed by atoms with E-state index in [9.17, 15) is 10.2 Å². The van der Waals surface area contributed by atoms with Crippen molar-refractivity contribution in [3.63, 3.8) is 0 Å². The maximum absolute atomic E-state index is 9.84. The topological polar surface area (TPSA) is 58.9 Å². The minimum Gasteiger partial charge on any atom is -0.508 e. The Bertz CT molecular complexity index is 691. The summed E-state index contributed by atoms with van der Waals surface area (Å²) < 4.78 is 11.0. The quantitative estimate of drug-likeness (QED) is 0.889. The first kappa shape index (κ1) is 15.6. The van der Waals surface area contributed by atoms with Gasteiger partial charge in [-0.15, -0.1) is 0 Å². The van der Waals surface area contributed by atoms with E-state index in [2.05, 4.69) is 0 Å². The van der Waals surface area contributed by atoms with Crippen LogP contribution < -0.4 is 4.74 Å². The molecule has 2 aromatic rings. The monoisotopic (exact) mass is 312 g/mol. The standard InChI is InChI=1S/C19H20O4/c1-22-10-2-3-13-4-9-18-16(11-13)17(12-20)19(23-18)14-5-7-15(21)8-6-14/h2-9,11,17,19-21H,10,12H2,1H3/b3-2+/t17-,19+/m1/s1. The van der Waals surface area contributed by atoms with Crippen LogP contribution in [-0.2, 0) is 4.74 Å². The fraction of sp³-hybridized carbons (Fsp3) is 0.263. The van der Waals surface area contributed by atoms with E-state index in [1.807, 2.05) is 42.5 Å². The van der Waals surface area contributed by atoms with Crippen molar-refractivity contribution in [2.24, 2.45) is 0 Å². The van der Waals surface area contributed by atoms with Crippen molar-refractivity contribution >= 4 is 6.08 Å². The number of methoxy groups -OCH3 is 1. The van der Waals surface area contributed by atoms with Gasteiger partial charge >= 0.3 is 0 Å². The predicted molar refractivity (Wildman–Crippen MR) is 88.7 cm³/mol. The van der Waals surface area contributed by atoms with Gasteiger partial charge in [-0.25, -0.2) is 0 Å². The van der Waals surface area contributed by atoms with Gasteiger partial charge in [0.25, 0.3) is 0 Å². The molecule has 0 amide bonds. The minimum absolute atomic E-state index is 0.00375. The van der Waals surface area contributed by atoms with Gasteiger partial charge in [0, 0.05) is 12.7 Å². The lowest BCUT2D eigenvalue weighted by atomic mass is 9.91. The molecule has 0 saturated heterocycles. The van der Waals surface area contributed by atoms with E-state index in [1.165, 1.54) is 0 Å². The van der Waals surface area contributed by atoms with Crippen molar-refractivity contribution in [3.05, 3.63) is 65.2 Å². The zero-order chi connectivity index (χ0) is 16.2. The van der Waals surface area contributed by atoms with Crippen molar-refractivity contribution in [3.8, 4) is 11.5 Å². The molecule has 1 aliphatic heterocycles. The molecule has 0 radical (unpaired) electrons. The van der Waals surface area contributed by atoms with Crippen molar-refractivity contribution in [1.29, 1.82) is 0 Å². The van der Waals surface area contributed by atoms with Gasteiger partial charge in [-0.1, -0.05) is 30.4 Å². The molecule has 1 heterocycles. The van der Waals surface area contributed by atoms with Crippen molar-refractivity contribution in [2.75, 3.05) is 20.3 Å². The van der Waals surface area contributed by atoms with E-state index in [0.29, 0.717) is 6.61 Å². The average molecular weight is 312 g/mol. The Balaban J connectivity index is 1.88. The van der Waals surface area contributed by atoms with Crippen LogP contribution in [0, 0.1) is 0 Å². The smallest absolute Gasteiger partial charge is 0.133 e. The van der Waals surface area contributed by atoms with Gasteiger partial charge < -0.3 is 19.7 Å². The molecule has 0 saturated carbocycles. The van der Waals surface area contributed by atoms with Crippen LogP contribution in [0.5, 0.6) is 11.5 Å². The Labute approximate surface area is 135 Å². The molecule has 0 fully saturated rings. The number of hydrogen-bond donors (Lipinski definition) is 2. The fourth-order valence-corrected chi connectivity index (χ4v) is 2.89. The zero-order valence-corrected chi connectivity index (χ0v) is 13.0. The van der Waals surface area contributed by atoms with E-state index in [0.717, 1.165) is 22.4 Å². The van der Waals surface area contributed by atoms with Gasteiger partial charge in [0.2, 0.25) is 0 Å². The van der Waals surface area contributed by atoms with Gasteiger partial charge in [0.05, 0.1) is 19.1 Å². The van der Waals surface area contributed by atoms with Crippen LogP contribution in [0.3, 0.4) is 0 Å². The molecular formula is C19H20O4. The number of phenolic OH excluding ortho intramolecular Hbond substituents is 1. The first-order chi connectivity index (χ1) is 11.2. The normalized spacial score (nSPS) is 19.7. The summed E-state index contributed by atoms with van der Waals surface area (Å²) >= 11 is 0. The first-order valence-corrected chi connectivity index (χ1v) is 7.59. The molecule has 4 heteroatoms. The lowest BCUT2D eigenvalue weighted by molar-refractivity contribution is 0.160. The van der Waals surface area contributed by atoms with E-state index in [-0.39, 0.29) is 24.4 Å². The number of aliphatic hydroxyl groups excluding tert-OH is 1. The van der Waals surface area contributed by atoms with Gasteiger partial charge in [-0.3, -0.25) is 0 Å². The van der Waals surface area contributed by atoms with Gasteiger partial charge in [-0.2, -0.15) is 0 Å². The number of phenols is 1. The molecule has 2 atom stereocenters. The molecule has 120 valence electrons. The second-order valence-corrected chi connectivity index (χ2v) is 5.57. The number of aliphatic hydroxyl groups is 1. The third kappa shape index (κ3) is 3.23.